The first-order valence-corrected chi connectivity index (χ1v) is 4.45. The maximum Gasteiger partial charge on any atom is 0.0225 e. The molecule has 0 amide bonds. The lowest BCUT2D eigenvalue weighted by molar-refractivity contribution is 1.13. The van der Waals surface area contributed by atoms with Crippen molar-refractivity contribution in [2.45, 2.75) is 37.2 Å². The summed E-state index contributed by atoms with van der Waals surface area (Å²) in [4.78, 5) is 0. The van der Waals surface area contributed by atoms with E-state index >= 15 is 0 Å². The van der Waals surface area contributed by atoms with Crippen LogP contribution in [0.2, 0.25) is 0 Å². The molecule has 1 rings (SSSR count). The number of thioether (sulfide) groups is 1. The minimum absolute atomic E-state index is 0.678. The summed E-state index contributed by atoms with van der Waals surface area (Å²) >= 11 is 2.07. The Morgan fingerprint density at radius 2 is 2.22 bits per heavy atom. The summed E-state index contributed by atoms with van der Waals surface area (Å²) in [7, 11) is 0. The molecule has 1 aliphatic carbocycles. The van der Waals surface area contributed by atoms with Gasteiger partial charge in [-0.15, -0.1) is 0 Å². The van der Waals surface area contributed by atoms with E-state index in [0.717, 1.165) is 5.25 Å². The molecule has 52 valence electrons. The third-order valence-corrected chi connectivity index (χ3v) is 3.28. The van der Waals surface area contributed by atoms with Crippen LogP contribution in [-0.4, -0.2) is 10.5 Å². The molecule has 1 fully saturated rings. The Morgan fingerprint density at radius 3 is 2.56 bits per heavy atom. The predicted octanol–water partition coefficient (Wildman–Crippen LogP) is 2.85. The van der Waals surface area contributed by atoms with E-state index in [1.165, 1.54) is 18.4 Å². The van der Waals surface area contributed by atoms with E-state index in [1.807, 2.05) is 0 Å². The Bertz CT molecular complexity index is 114. The lowest BCUT2D eigenvalue weighted by Gasteiger charge is -2.08. The molecule has 0 heterocycles. The average molecular weight is 142 g/mol. The van der Waals surface area contributed by atoms with Crippen LogP contribution in [-0.2, 0) is 0 Å². The fourth-order valence-corrected chi connectivity index (χ4v) is 1.83. The van der Waals surface area contributed by atoms with Gasteiger partial charge in [0.05, 0.1) is 0 Å². The van der Waals surface area contributed by atoms with Crippen LogP contribution in [0.15, 0.2) is 12.2 Å². The van der Waals surface area contributed by atoms with Gasteiger partial charge in [-0.05, 0) is 26.7 Å². The summed E-state index contributed by atoms with van der Waals surface area (Å²) in [6.07, 6.45) is 2.87. The molecule has 1 heteroatoms. The Hall–Kier alpha value is 0.0900. The van der Waals surface area contributed by atoms with Crippen molar-refractivity contribution in [2.24, 2.45) is 0 Å². The van der Waals surface area contributed by atoms with Crippen molar-refractivity contribution in [2.75, 3.05) is 0 Å². The number of hydrogen-bond acceptors (Lipinski definition) is 1. The van der Waals surface area contributed by atoms with Gasteiger partial charge in [-0.3, -0.25) is 0 Å². The van der Waals surface area contributed by atoms with E-state index < -0.39 is 0 Å². The zero-order valence-electron chi connectivity index (χ0n) is 6.18. The summed E-state index contributed by atoms with van der Waals surface area (Å²) in [5.74, 6) is 0. The second-order valence-corrected chi connectivity index (χ2v) is 4.47. The molecule has 0 aromatic rings. The minimum atomic E-state index is 0.678. The van der Waals surface area contributed by atoms with E-state index in [1.54, 1.807) is 0 Å². The third kappa shape index (κ3) is 2.44. The van der Waals surface area contributed by atoms with E-state index in [-0.39, 0.29) is 0 Å². The molecule has 0 saturated heterocycles. The third-order valence-electron chi connectivity index (χ3n) is 1.61. The highest BCUT2D eigenvalue weighted by Crippen LogP contribution is 2.38. The quantitative estimate of drug-likeness (QED) is 0.546. The average Bonchev–Trinajstić information content (AvgIpc) is 2.50. The van der Waals surface area contributed by atoms with Gasteiger partial charge in [0, 0.05) is 10.5 Å². The molecule has 0 aromatic carbocycles. The Morgan fingerprint density at radius 1 is 1.67 bits per heavy atom. The molecule has 0 aliphatic heterocycles. The van der Waals surface area contributed by atoms with Crippen molar-refractivity contribution in [1.82, 2.24) is 0 Å². The molecule has 0 nitrogen and oxygen atoms in total. The Kier molecular flexibility index (Phi) is 2.23. The topological polar surface area (TPSA) is 0 Å². The van der Waals surface area contributed by atoms with E-state index in [2.05, 4.69) is 32.2 Å². The second kappa shape index (κ2) is 2.78. The molecule has 0 N–H and O–H groups in total. The minimum Gasteiger partial charge on any atom is -0.151 e. The Labute approximate surface area is 61.7 Å². The molecule has 9 heavy (non-hydrogen) atoms. The summed E-state index contributed by atoms with van der Waals surface area (Å²) in [5, 5.41) is 1.65. The van der Waals surface area contributed by atoms with Crippen molar-refractivity contribution in [3.05, 3.63) is 12.2 Å². The van der Waals surface area contributed by atoms with Gasteiger partial charge >= 0.3 is 0 Å². The molecule has 0 radical (unpaired) electrons. The van der Waals surface area contributed by atoms with Gasteiger partial charge in [0.15, 0.2) is 0 Å². The van der Waals surface area contributed by atoms with Crippen molar-refractivity contribution < 1.29 is 0 Å². The monoisotopic (exact) mass is 142 g/mol. The summed E-state index contributed by atoms with van der Waals surface area (Å²) < 4.78 is 0. The molecular weight excluding hydrogens is 128 g/mol. The maximum absolute atomic E-state index is 3.92. The molecule has 1 atom stereocenters. The fourth-order valence-electron chi connectivity index (χ4n) is 0.609. The molecule has 1 saturated carbocycles. The summed E-state index contributed by atoms with van der Waals surface area (Å²) in [6.45, 7) is 8.27. The van der Waals surface area contributed by atoms with Crippen LogP contribution >= 0.6 is 11.8 Å². The Balaban J connectivity index is 2.16. The largest absolute Gasteiger partial charge is 0.151 e. The van der Waals surface area contributed by atoms with Crippen LogP contribution < -0.4 is 0 Å². The van der Waals surface area contributed by atoms with Crippen molar-refractivity contribution >= 4 is 11.8 Å². The maximum atomic E-state index is 3.92. The number of rotatable bonds is 3. The zero-order chi connectivity index (χ0) is 6.85. The molecule has 0 spiro atoms. The lowest BCUT2D eigenvalue weighted by atomic mass is 10.3. The van der Waals surface area contributed by atoms with Crippen LogP contribution in [0.5, 0.6) is 0 Å². The van der Waals surface area contributed by atoms with Crippen LogP contribution in [0, 0.1) is 0 Å². The zero-order valence-corrected chi connectivity index (χ0v) is 7.00. The normalized spacial score (nSPS) is 21.6. The highest BCUT2D eigenvalue weighted by Gasteiger charge is 2.24. The predicted molar refractivity (Wildman–Crippen MR) is 44.9 cm³/mol. The van der Waals surface area contributed by atoms with Gasteiger partial charge in [0.1, 0.15) is 0 Å². The summed E-state index contributed by atoms with van der Waals surface area (Å²) in [6, 6.07) is 0. The highest BCUT2D eigenvalue weighted by atomic mass is 32.2. The summed E-state index contributed by atoms with van der Waals surface area (Å²) in [5.41, 5.74) is 1.31. The first-order valence-electron chi connectivity index (χ1n) is 3.51. The first kappa shape index (κ1) is 7.20. The highest BCUT2D eigenvalue weighted by molar-refractivity contribution is 8.00. The SMILES string of the molecule is C=C(C)C(C)SC1CC1. The molecule has 1 unspecified atom stereocenters. The van der Waals surface area contributed by atoms with Gasteiger partial charge in [0.2, 0.25) is 0 Å². The smallest absolute Gasteiger partial charge is 0.0225 e. The van der Waals surface area contributed by atoms with Gasteiger partial charge < -0.3 is 0 Å². The van der Waals surface area contributed by atoms with Crippen molar-refractivity contribution in [1.29, 1.82) is 0 Å². The van der Waals surface area contributed by atoms with Gasteiger partial charge in [-0.1, -0.05) is 12.2 Å². The van der Waals surface area contributed by atoms with Gasteiger partial charge in [0.25, 0.3) is 0 Å². The molecule has 1 aliphatic rings. The van der Waals surface area contributed by atoms with Crippen LogP contribution in [0.4, 0.5) is 0 Å². The van der Waals surface area contributed by atoms with Crippen molar-refractivity contribution in [3.63, 3.8) is 0 Å². The number of hydrogen-bond donors (Lipinski definition) is 0. The van der Waals surface area contributed by atoms with Crippen LogP contribution in [0.1, 0.15) is 26.7 Å². The fraction of sp³-hybridized carbons (Fsp3) is 0.750. The lowest BCUT2D eigenvalue weighted by Crippen LogP contribution is -1.97. The molecular formula is C8H14S. The van der Waals surface area contributed by atoms with E-state index in [4.69, 9.17) is 0 Å². The van der Waals surface area contributed by atoms with Crippen LogP contribution in [0.3, 0.4) is 0 Å². The van der Waals surface area contributed by atoms with Gasteiger partial charge in [-0.25, -0.2) is 0 Å². The standard InChI is InChI=1S/C8H14S/c1-6(2)7(3)9-8-4-5-8/h7-8H,1,4-5H2,2-3H3. The van der Waals surface area contributed by atoms with E-state index in [0.29, 0.717) is 5.25 Å². The van der Waals surface area contributed by atoms with Crippen LogP contribution in [0.25, 0.3) is 0 Å². The van der Waals surface area contributed by atoms with Crippen molar-refractivity contribution in [3.8, 4) is 0 Å². The first-order chi connectivity index (χ1) is 4.20. The van der Waals surface area contributed by atoms with Gasteiger partial charge in [-0.2, -0.15) is 11.8 Å². The molecule has 0 bridgehead atoms. The molecule has 0 aromatic heterocycles. The van der Waals surface area contributed by atoms with E-state index in [9.17, 15) is 0 Å². The second-order valence-electron chi connectivity index (χ2n) is 2.82.